The lowest BCUT2D eigenvalue weighted by atomic mass is 9.87. The van der Waals surface area contributed by atoms with Crippen LogP contribution in [0.5, 0.6) is 0 Å². The van der Waals surface area contributed by atoms with Gasteiger partial charge in [0.05, 0.1) is 50.1 Å². The van der Waals surface area contributed by atoms with Crippen molar-refractivity contribution in [3.05, 3.63) is 79.9 Å². The second kappa shape index (κ2) is 15.4. The summed E-state index contributed by atoms with van der Waals surface area (Å²) >= 11 is 0. The zero-order valence-corrected chi connectivity index (χ0v) is 27.0. The average molecular weight is 685 g/mol. The van der Waals surface area contributed by atoms with Crippen molar-refractivity contribution < 1.29 is 52.8 Å². The molecule has 2 aromatic carbocycles. The van der Waals surface area contributed by atoms with Crippen LogP contribution in [0.1, 0.15) is 62.5 Å². The van der Waals surface area contributed by atoms with E-state index in [1.807, 2.05) is 24.3 Å². The van der Waals surface area contributed by atoms with Crippen LogP contribution in [0.2, 0.25) is 0 Å². The molecular weight excluding hydrogens is 640 g/mol. The Morgan fingerprint density at radius 3 is 1.20 bits per heavy atom. The first-order chi connectivity index (χ1) is 18.1. The molecule has 2 saturated heterocycles. The van der Waals surface area contributed by atoms with Crippen molar-refractivity contribution in [2.45, 2.75) is 64.5 Å². The summed E-state index contributed by atoms with van der Waals surface area (Å²) < 4.78 is 2.07. The molecule has 0 N–H and O–H groups in total. The highest BCUT2D eigenvalue weighted by Crippen LogP contribution is 2.31. The number of hydrogen-bond acceptors (Lipinski definition) is 4. The Balaban J connectivity index is 0.00000280. The molecule has 2 fully saturated rings. The van der Waals surface area contributed by atoms with Crippen LogP contribution >= 0.6 is 0 Å². The first-order valence-corrected chi connectivity index (χ1v) is 14.3. The molecule has 0 aromatic heterocycles. The van der Waals surface area contributed by atoms with Crippen LogP contribution in [0.4, 0.5) is 11.4 Å². The first-order valence-electron chi connectivity index (χ1n) is 14.3. The van der Waals surface area contributed by atoms with E-state index in [4.69, 9.17) is 0 Å². The number of likely N-dealkylation sites (tertiary alicyclic amines) is 2. The number of non-ortho nitro benzene ring substituents is 2. The topological polar surface area (TPSA) is 86.3 Å². The molecule has 2 aliphatic rings. The van der Waals surface area contributed by atoms with Crippen LogP contribution in [0.15, 0.2) is 48.5 Å². The van der Waals surface area contributed by atoms with Gasteiger partial charge >= 0.3 is 0 Å². The van der Waals surface area contributed by atoms with Gasteiger partial charge in [0.2, 0.25) is 0 Å². The lowest BCUT2D eigenvalue weighted by molar-refractivity contribution is -0.928. The van der Waals surface area contributed by atoms with Gasteiger partial charge in [-0.2, -0.15) is 0 Å². The smallest absolute Gasteiger partial charge is 0.269 e. The summed E-state index contributed by atoms with van der Waals surface area (Å²) in [6.07, 6.45) is 10.5. The minimum Gasteiger partial charge on any atom is -1.00 e. The van der Waals surface area contributed by atoms with Crippen molar-refractivity contribution in [2.75, 3.05) is 40.3 Å². The lowest BCUT2D eigenvalue weighted by Crippen LogP contribution is -3.00. The molecule has 0 unspecified atom stereocenters. The van der Waals surface area contributed by atoms with E-state index in [1.165, 1.54) is 88.7 Å². The largest absolute Gasteiger partial charge is 1.00 e. The van der Waals surface area contributed by atoms with Crippen LogP contribution in [-0.4, -0.2) is 59.1 Å². The SMILES string of the molecule is C[N+]1(Cc2ccc([N+](=O)[O-])cc2)CCC(CCCCC2CC[N+](C)(Cc3ccc([N+](=O)[O-])cc3)CC2)CC1.[Br-].[Br-]. The highest BCUT2D eigenvalue weighted by Gasteiger charge is 2.31. The van der Waals surface area contributed by atoms with E-state index >= 15 is 0 Å². The third-order valence-corrected chi connectivity index (χ3v) is 9.21. The van der Waals surface area contributed by atoms with Crippen LogP contribution < -0.4 is 34.0 Å². The number of nitro groups is 2. The molecule has 0 radical (unpaired) electrons. The number of rotatable bonds is 11. The fourth-order valence-electron chi connectivity index (χ4n) is 6.58. The molecule has 2 heterocycles. The molecule has 0 amide bonds. The highest BCUT2D eigenvalue weighted by atomic mass is 79.9. The van der Waals surface area contributed by atoms with Crippen molar-refractivity contribution in [1.29, 1.82) is 0 Å². The van der Waals surface area contributed by atoms with Gasteiger partial charge in [-0.15, -0.1) is 0 Å². The van der Waals surface area contributed by atoms with Crippen molar-refractivity contribution in [1.82, 2.24) is 0 Å². The molecule has 8 nitrogen and oxygen atoms in total. The molecule has 222 valence electrons. The van der Waals surface area contributed by atoms with Crippen molar-refractivity contribution in [3.8, 4) is 0 Å². The molecule has 0 saturated carbocycles. The van der Waals surface area contributed by atoms with Gasteiger partial charge in [-0.1, -0.05) is 25.7 Å². The predicted molar refractivity (Wildman–Crippen MR) is 149 cm³/mol. The van der Waals surface area contributed by atoms with E-state index in [-0.39, 0.29) is 55.2 Å². The maximum absolute atomic E-state index is 10.9. The Bertz CT molecular complexity index is 994. The minimum absolute atomic E-state index is 0. The Kier molecular flexibility index (Phi) is 13.2. The maximum Gasteiger partial charge on any atom is 0.269 e. The number of benzene rings is 2. The zero-order valence-electron chi connectivity index (χ0n) is 23.9. The van der Waals surface area contributed by atoms with Gasteiger partial charge in [-0.25, -0.2) is 0 Å². The van der Waals surface area contributed by atoms with Gasteiger partial charge in [0, 0.05) is 35.4 Å². The van der Waals surface area contributed by atoms with Crippen LogP contribution in [0.25, 0.3) is 0 Å². The number of unbranched alkanes of at least 4 members (excludes halogenated alkanes) is 1. The number of hydrogen-bond donors (Lipinski definition) is 0. The number of piperidine rings is 2. The van der Waals surface area contributed by atoms with Crippen LogP contribution in [0.3, 0.4) is 0 Å². The average Bonchev–Trinajstić information content (AvgIpc) is 2.89. The lowest BCUT2D eigenvalue weighted by Gasteiger charge is -2.41. The molecule has 2 aliphatic heterocycles. The molecule has 0 aliphatic carbocycles. The predicted octanol–water partition coefficient (Wildman–Crippen LogP) is 0.485. The second-order valence-corrected chi connectivity index (χ2v) is 12.5. The summed E-state index contributed by atoms with van der Waals surface area (Å²) in [7, 11) is 4.66. The van der Waals surface area contributed by atoms with E-state index in [0.29, 0.717) is 0 Å². The Morgan fingerprint density at radius 2 is 0.925 bits per heavy atom. The van der Waals surface area contributed by atoms with E-state index in [2.05, 4.69) is 14.1 Å². The van der Waals surface area contributed by atoms with Gasteiger partial charge in [0.15, 0.2) is 0 Å². The normalized spacial score (nSPS) is 26.2. The van der Waals surface area contributed by atoms with Crippen molar-refractivity contribution in [3.63, 3.8) is 0 Å². The van der Waals surface area contributed by atoms with E-state index in [1.54, 1.807) is 24.3 Å². The Hall–Kier alpha value is -1.88. The number of nitro benzene ring substituents is 2. The van der Waals surface area contributed by atoms with Gasteiger partial charge in [-0.3, -0.25) is 20.2 Å². The number of halogens is 2. The monoisotopic (exact) mass is 682 g/mol. The van der Waals surface area contributed by atoms with Crippen LogP contribution in [-0.2, 0) is 13.1 Å². The van der Waals surface area contributed by atoms with E-state index < -0.39 is 0 Å². The van der Waals surface area contributed by atoms with E-state index in [0.717, 1.165) is 33.9 Å². The number of nitrogens with zero attached hydrogens (tertiary/aromatic N) is 4. The Labute approximate surface area is 259 Å². The third-order valence-electron chi connectivity index (χ3n) is 9.21. The summed E-state index contributed by atoms with van der Waals surface area (Å²) in [5, 5.41) is 21.8. The Morgan fingerprint density at radius 1 is 0.625 bits per heavy atom. The summed E-state index contributed by atoms with van der Waals surface area (Å²) in [6, 6.07) is 14.1. The minimum atomic E-state index is -0.333. The fraction of sp³-hybridized carbons (Fsp3) is 0.600. The van der Waals surface area contributed by atoms with Gasteiger partial charge in [-0.05, 0) is 61.8 Å². The molecule has 0 spiro atoms. The summed E-state index contributed by atoms with van der Waals surface area (Å²) in [6.45, 7) is 6.66. The number of quaternary nitrogens is 2. The molecule has 0 atom stereocenters. The van der Waals surface area contributed by atoms with Crippen LogP contribution in [0, 0.1) is 32.1 Å². The van der Waals surface area contributed by atoms with Crippen molar-refractivity contribution in [2.24, 2.45) is 11.8 Å². The van der Waals surface area contributed by atoms with Gasteiger partial charge in [0.25, 0.3) is 11.4 Å². The molecule has 2 aromatic rings. The quantitative estimate of drug-likeness (QED) is 0.149. The second-order valence-electron chi connectivity index (χ2n) is 12.5. The fourth-order valence-corrected chi connectivity index (χ4v) is 6.58. The molecular formula is C30H44Br2N4O4. The molecule has 40 heavy (non-hydrogen) atoms. The van der Waals surface area contributed by atoms with E-state index in [9.17, 15) is 20.2 Å². The maximum atomic E-state index is 10.9. The summed E-state index contributed by atoms with van der Waals surface area (Å²) in [5.41, 5.74) is 2.70. The summed E-state index contributed by atoms with van der Waals surface area (Å²) in [4.78, 5) is 21.1. The van der Waals surface area contributed by atoms with Crippen molar-refractivity contribution >= 4 is 11.4 Å². The highest BCUT2D eigenvalue weighted by molar-refractivity contribution is 5.33. The zero-order chi connectivity index (χ0) is 27.2. The molecule has 4 rings (SSSR count). The third kappa shape index (κ3) is 9.89. The molecule has 0 bridgehead atoms. The standard InChI is InChI=1S/C30H44N4O4.2BrH/c1-33(23-27-7-11-29(12-8-27)31(35)36)19-15-25(16-20-33)5-3-4-6-26-17-21-34(2,22-18-26)24-28-9-13-30(14-10-28)32(37)38;;/h7-14,25-26H,3-6,15-24H2,1-2H3;2*1H/q+2;;/p-2. The summed E-state index contributed by atoms with van der Waals surface area (Å²) in [5.74, 6) is 1.68. The van der Waals surface area contributed by atoms with Gasteiger partial charge < -0.3 is 42.9 Å². The molecule has 10 heteroatoms. The van der Waals surface area contributed by atoms with Gasteiger partial charge in [0.1, 0.15) is 13.1 Å². The first kappa shape index (κ1) is 34.3.